The predicted molar refractivity (Wildman–Crippen MR) is 166 cm³/mol. The highest BCUT2D eigenvalue weighted by Gasteiger charge is 2.44. The average Bonchev–Trinajstić information content (AvgIpc) is 3.33. The Bertz CT molecular complexity index is 1930. The molecule has 0 fully saturated rings. The largest absolute Gasteiger partial charge is 0.311 e. The molecule has 0 radical (unpaired) electrons. The SMILES string of the molecule is Cc1c(C)c2c3c(c1C)N(c1cc4c5c(c1)CC=C1C=CC=C(C=C4)C15)c1ccccc1B3c1ccccc1-2. The van der Waals surface area contributed by atoms with Crippen LogP contribution < -0.4 is 21.3 Å². The molecule has 9 rings (SSSR count). The number of nitrogens with zero attached hydrogens (tertiary/aromatic N) is 1. The molecule has 0 amide bonds. The molecule has 4 aromatic carbocycles. The van der Waals surface area contributed by atoms with Crippen molar-refractivity contribution < 1.29 is 0 Å². The third kappa shape index (κ3) is 2.62. The Morgan fingerprint density at radius 2 is 1.62 bits per heavy atom. The molecule has 0 spiro atoms. The fraction of sp³-hybridized carbons (Fsp3) is 0.135. The summed E-state index contributed by atoms with van der Waals surface area (Å²) in [6, 6.07) is 23.1. The summed E-state index contributed by atoms with van der Waals surface area (Å²) >= 11 is 0. The van der Waals surface area contributed by atoms with E-state index < -0.39 is 0 Å². The second kappa shape index (κ2) is 7.42. The molecule has 184 valence electrons. The molecule has 5 aliphatic rings. The Hall–Kier alpha value is -4.30. The fourth-order valence-corrected chi connectivity index (χ4v) is 8.11. The summed E-state index contributed by atoms with van der Waals surface area (Å²) in [5.74, 6) is 0.382. The van der Waals surface area contributed by atoms with Crippen molar-refractivity contribution in [2.75, 3.05) is 4.90 Å². The summed E-state index contributed by atoms with van der Waals surface area (Å²) in [5.41, 5.74) is 22.6. The minimum atomic E-state index is 0.278. The molecule has 0 bridgehead atoms. The highest BCUT2D eigenvalue weighted by molar-refractivity contribution is 7.01. The third-order valence-corrected chi connectivity index (χ3v) is 10.0. The summed E-state index contributed by atoms with van der Waals surface area (Å²) < 4.78 is 0. The van der Waals surface area contributed by atoms with Crippen LogP contribution in [-0.4, -0.2) is 6.71 Å². The van der Waals surface area contributed by atoms with Crippen molar-refractivity contribution in [2.24, 2.45) is 0 Å². The first-order valence-corrected chi connectivity index (χ1v) is 14.2. The number of hydrogen-bond acceptors (Lipinski definition) is 1. The molecular weight excluding hydrogens is 469 g/mol. The van der Waals surface area contributed by atoms with Gasteiger partial charge in [-0.05, 0) is 112 Å². The van der Waals surface area contributed by atoms with E-state index in [1.165, 1.54) is 89.1 Å². The number of para-hydroxylation sites is 1. The zero-order valence-electron chi connectivity index (χ0n) is 22.5. The highest BCUT2D eigenvalue weighted by atomic mass is 15.2. The maximum atomic E-state index is 2.59. The molecule has 0 saturated carbocycles. The normalized spacial score (nSPS) is 18.3. The predicted octanol–water partition coefficient (Wildman–Crippen LogP) is 6.98. The van der Waals surface area contributed by atoms with Gasteiger partial charge in [0.1, 0.15) is 0 Å². The van der Waals surface area contributed by atoms with Crippen LogP contribution in [-0.2, 0) is 6.42 Å². The van der Waals surface area contributed by atoms with Crippen molar-refractivity contribution in [2.45, 2.75) is 33.1 Å². The van der Waals surface area contributed by atoms with E-state index in [1.807, 2.05) is 0 Å². The lowest BCUT2D eigenvalue weighted by atomic mass is 9.37. The van der Waals surface area contributed by atoms with Crippen molar-refractivity contribution in [3.05, 3.63) is 136 Å². The van der Waals surface area contributed by atoms with Crippen molar-refractivity contribution in [3.63, 3.8) is 0 Å². The standard InChI is InChI=1S/C37H28BN/c1-21-22(2)33-29-11-4-5-12-30(29)38-31-13-6-7-14-32(31)39(37(23(21)3)36(33)38)28-19-26-17-15-24-9-8-10-25-16-18-27(20-28)35(26)34(24)25/h4-17,19-20,34H,18H2,1-3H3. The molecule has 0 aromatic heterocycles. The van der Waals surface area contributed by atoms with Gasteiger partial charge in [-0.3, -0.25) is 0 Å². The fourth-order valence-electron chi connectivity index (χ4n) is 8.11. The van der Waals surface area contributed by atoms with Gasteiger partial charge in [-0.25, -0.2) is 0 Å². The van der Waals surface area contributed by atoms with E-state index in [-0.39, 0.29) is 6.71 Å². The molecule has 2 aliphatic heterocycles. The monoisotopic (exact) mass is 497 g/mol. The maximum Gasteiger partial charge on any atom is 0.248 e. The number of allylic oxidation sites excluding steroid dienone is 7. The Kier molecular flexibility index (Phi) is 4.11. The Morgan fingerprint density at radius 3 is 2.51 bits per heavy atom. The molecule has 0 N–H and O–H groups in total. The van der Waals surface area contributed by atoms with Gasteiger partial charge in [-0.15, -0.1) is 0 Å². The summed E-state index contributed by atoms with van der Waals surface area (Å²) in [6.45, 7) is 7.25. The zero-order valence-corrected chi connectivity index (χ0v) is 22.5. The number of benzene rings is 4. The van der Waals surface area contributed by atoms with Crippen LogP contribution in [0, 0.1) is 20.8 Å². The van der Waals surface area contributed by atoms with Gasteiger partial charge in [-0.2, -0.15) is 0 Å². The van der Waals surface area contributed by atoms with Crippen molar-refractivity contribution in [1.29, 1.82) is 0 Å². The second-order valence-electron chi connectivity index (χ2n) is 11.7. The smallest absolute Gasteiger partial charge is 0.248 e. The zero-order chi connectivity index (χ0) is 26.0. The molecule has 3 aliphatic carbocycles. The van der Waals surface area contributed by atoms with E-state index in [1.54, 1.807) is 0 Å². The van der Waals surface area contributed by atoms with Crippen molar-refractivity contribution in [1.82, 2.24) is 0 Å². The summed E-state index contributed by atoms with van der Waals surface area (Å²) in [6.07, 6.45) is 14.9. The first-order valence-electron chi connectivity index (χ1n) is 14.2. The lowest BCUT2D eigenvalue weighted by Crippen LogP contribution is -2.55. The minimum absolute atomic E-state index is 0.278. The number of anilines is 3. The van der Waals surface area contributed by atoms with E-state index in [0.29, 0.717) is 5.92 Å². The quantitative estimate of drug-likeness (QED) is 0.222. The van der Waals surface area contributed by atoms with Gasteiger partial charge in [0.2, 0.25) is 6.71 Å². The first-order chi connectivity index (χ1) is 19.1. The van der Waals surface area contributed by atoms with Crippen LogP contribution in [0.15, 0.2) is 102 Å². The van der Waals surface area contributed by atoms with Crippen molar-refractivity contribution in [3.8, 4) is 11.1 Å². The van der Waals surface area contributed by atoms with E-state index in [2.05, 4.69) is 123 Å². The van der Waals surface area contributed by atoms with Crippen LogP contribution in [0.5, 0.6) is 0 Å². The van der Waals surface area contributed by atoms with E-state index in [4.69, 9.17) is 0 Å². The van der Waals surface area contributed by atoms with Gasteiger partial charge in [-0.1, -0.05) is 84.4 Å². The van der Waals surface area contributed by atoms with Crippen LogP contribution in [0.3, 0.4) is 0 Å². The van der Waals surface area contributed by atoms with Crippen LogP contribution in [0.2, 0.25) is 0 Å². The molecule has 2 heterocycles. The molecular formula is C37H28BN. The van der Waals surface area contributed by atoms with Gasteiger partial charge in [0.25, 0.3) is 0 Å². The molecule has 4 aromatic rings. The van der Waals surface area contributed by atoms with Crippen LogP contribution >= 0.6 is 0 Å². The topological polar surface area (TPSA) is 3.24 Å². The maximum absolute atomic E-state index is 2.59. The van der Waals surface area contributed by atoms with Gasteiger partial charge in [0, 0.05) is 23.0 Å². The summed E-state index contributed by atoms with van der Waals surface area (Å²) in [4.78, 5) is 2.59. The second-order valence-corrected chi connectivity index (χ2v) is 11.7. The summed E-state index contributed by atoms with van der Waals surface area (Å²) in [7, 11) is 0. The van der Waals surface area contributed by atoms with Gasteiger partial charge >= 0.3 is 0 Å². The Balaban J connectivity index is 1.35. The molecule has 0 saturated heterocycles. The van der Waals surface area contributed by atoms with E-state index in [9.17, 15) is 0 Å². The van der Waals surface area contributed by atoms with E-state index >= 15 is 0 Å². The van der Waals surface area contributed by atoms with Gasteiger partial charge in [0.15, 0.2) is 0 Å². The molecule has 1 atom stereocenters. The molecule has 2 heteroatoms. The Labute approximate surface area is 230 Å². The molecule has 1 nitrogen and oxygen atoms in total. The van der Waals surface area contributed by atoms with Crippen LogP contribution in [0.4, 0.5) is 17.1 Å². The highest BCUT2D eigenvalue weighted by Crippen LogP contribution is 2.50. The number of hydrogen-bond donors (Lipinski definition) is 0. The van der Waals surface area contributed by atoms with Crippen LogP contribution in [0.1, 0.15) is 39.3 Å². The molecule has 39 heavy (non-hydrogen) atoms. The lowest BCUT2D eigenvalue weighted by Gasteiger charge is -2.39. The third-order valence-electron chi connectivity index (χ3n) is 10.0. The lowest BCUT2D eigenvalue weighted by molar-refractivity contribution is 0.891. The molecule has 1 unspecified atom stereocenters. The average molecular weight is 497 g/mol. The number of rotatable bonds is 1. The van der Waals surface area contributed by atoms with E-state index in [0.717, 1.165) is 6.42 Å². The summed E-state index contributed by atoms with van der Waals surface area (Å²) in [5, 5.41) is 0. The van der Waals surface area contributed by atoms with Gasteiger partial charge in [0.05, 0.1) is 0 Å². The number of fused-ring (bicyclic) bond motifs is 5. The minimum Gasteiger partial charge on any atom is -0.311 e. The first kappa shape index (κ1) is 21.6. The van der Waals surface area contributed by atoms with Gasteiger partial charge < -0.3 is 4.90 Å². The van der Waals surface area contributed by atoms with Crippen LogP contribution in [0.25, 0.3) is 17.2 Å². The Morgan fingerprint density at radius 1 is 0.795 bits per heavy atom. The van der Waals surface area contributed by atoms with Crippen molar-refractivity contribution >= 4 is 46.2 Å².